The molecule has 0 saturated carbocycles. The molecule has 0 aromatic carbocycles. The number of phosphoric ester groups is 1. The van der Waals surface area contributed by atoms with Gasteiger partial charge >= 0.3 is 0 Å². The van der Waals surface area contributed by atoms with Crippen LogP contribution < -0.4 is 9.79 Å². The highest BCUT2D eigenvalue weighted by Gasteiger charge is 2.53. The van der Waals surface area contributed by atoms with Gasteiger partial charge in [-0.2, -0.15) is 0 Å². The van der Waals surface area contributed by atoms with Crippen molar-refractivity contribution in [1.29, 1.82) is 0 Å². The van der Waals surface area contributed by atoms with Crippen molar-refractivity contribution in [3.63, 3.8) is 0 Å². The minimum absolute atomic E-state index is 0.856. The fourth-order valence-electron chi connectivity index (χ4n) is 1.30. The maximum Gasteiger partial charge on any atom is 0.219 e. The van der Waals surface area contributed by atoms with Gasteiger partial charge in [0.15, 0.2) is 0 Å². The van der Waals surface area contributed by atoms with Crippen molar-refractivity contribution in [2.45, 2.75) is 24.1 Å². The molecule has 1 aliphatic heterocycles. The van der Waals surface area contributed by atoms with Crippen LogP contribution >= 0.6 is 7.82 Å². The number of phosphoric acid groups is 1. The van der Waals surface area contributed by atoms with Crippen LogP contribution in [0.4, 0.5) is 0 Å². The lowest BCUT2D eigenvalue weighted by Crippen LogP contribution is -2.46. The zero-order chi connectivity index (χ0) is 12.6. The van der Waals surface area contributed by atoms with Crippen molar-refractivity contribution < 1.29 is 44.0 Å². The van der Waals surface area contributed by atoms with E-state index in [1.165, 1.54) is 0 Å². The van der Waals surface area contributed by atoms with Crippen molar-refractivity contribution in [1.82, 2.24) is 0 Å². The van der Waals surface area contributed by atoms with Crippen LogP contribution in [-0.2, 0) is 13.8 Å². The van der Waals surface area contributed by atoms with Crippen LogP contribution in [0.3, 0.4) is 0 Å². The third kappa shape index (κ3) is 2.98. The van der Waals surface area contributed by atoms with Crippen LogP contribution in [0.5, 0.6) is 0 Å². The Hall–Kier alpha value is -0.0900. The Labute approximate surface area is 90.1 Å². The summed E-state index contributed by atoms with van der Waals surface area (Å²) in [6.07, 6.45) is -4.93. The standard InChI is InChI=1S/C6H13O9P/c7-2-6(10)5(9)4(8)3(15-6)1-14-16(11,12)13/h3-5,7-10H,1-2H2,(H2,11,12,13)/p-2/t3-,4+,5+,6-/m0/s1. The molecular formula is C6H11O9P-2. The highest BCUT2D eigenvalue weighted by Crippen LogP contribution is 2.32. The molecule has 4 N–H and O–H groups in total. The summed E-state index contributed by atoms with van der Waals surface area (Å²) in [6, 6.07) is 0. The summed E-state index contributed by atoms with van der Waals surface area (Å²) in [5.41, 5.74) is 0. The van der Waals surface area contributed by atoms with Crippen LogP contribution in [0.15, 0.2) is 0 Å². The molecule has 0 radical (unpaired) electrons. The molecule has 1 saturated heterocycles. The van der Waals surface area contributed by atoms with E-state index in [0.29, 0.717) is 0 Å². The molecular weight excluding hydrogens is 247 g/mol. The quantitative estimate of drug-likeness (QED) is 0.365. The van der Waals surface area contributed by atoms with E-state index in [4.69, 9.17) is 5.11 Å². The normalized spacial score (nSPS) is 40.2. The minimum atomic E-state index is -5.23. The maximum atomic E-state index is 10.1. The monoisotopic (exact) mass is 258 g/mol. The molecule has 4 atom stereocenters. The second kappa shape index (κ2) is 4.65. The van der Waals surface area contributed by atoms with Gasteiger partial charge in [0, 0.05) is 0 Å². The van der Waals surface area contributed by atoms with Gasteiger partial charge in [-0.15, -0.1) is 0 Å². The van der Waals surface area contributed by atoms with E-state index in [9.17, 15) is 29.7 Å². The van der Waals surface area contributed by atoms with Gasteiger partial charge in [0.1, 0.15) is 18.3 Å². The highest BCUT2D eigenvalue weighted by molar-refractivity contribution is 7.43. The Morgan fingerprint density at radius 2 is 2.00 bits per heavy atom. The number of rotatable bonds is 4. The first-order chi connectivity index (χ1) is 7.19. The highest BCUT2D eigenvalue weighted by atomic mass is 31.2. The zero-order valence-corrected chi connectivity index (χ0v) is 8.82. The van der Waals surface area contributed by atoms with Crippen molar-refractivity contribution >= 4 is 7.82 Å². The summed E-state index contributed by atoms with van der Waals surface area (Å²) in [5.74, 6) is -2.40. The van der Waals surface area contributed by atoms with Gasteiger partial charge in [0.05, 0.1) is 21.0 Å². The average molecular weight is 258 g/mol. The van der Waals surface area contributed by atoms with Gasteiger partial charge < -0.3 is 44.0 Å². The molecule has 1 heterocycles. The van der Waals surface area contributed by atoms with Gasteiger partial charge in [-0.1, -0.05) is 0 Å². The minimum Gasteiger partial charge on any atom is -0.790 e. The van der Waals surface area contributed by atoms with E-state index < -0.39 is 45.1 Å². The molecule has 0 aliphatic carbocycles. The number of hydrogen-bond donors (Lipinski definition) is 4. The molecule has 0 bridgehead atoms. The van der Waals surface area contributed by atoms with Gasteiger partial charge in [0.25, 0.3) is 0 Å². The molecule has 0 unspecified atom stereocenters. The molecule has 1 aliphatic rings. The third-order valence-electron chi connectivity index (χ3n) is 2.15. The number of ether oxygens (including phenoxy) is 1. The molecule has 0 spiro atoms. The Kier molecular flexibility index (Phi) is 4.06. The van der Waals surface area contributed by atoms with Crippen LogP contribution in [-0.4, -0.2) is 57.7 Å². The van der Waals surface area contributed by atoms with Crippen LogP contribution in [0.1, 0.15) is 0 Å². The summed E-state index contributed by atoms with van der Waals surface area (Å²) in [6.45, 7) is -1.86. The molecule has 0 aromatic heterocycles. The molecule has 10 heteroatoms. The van der Waals surface area contributed by atoms with E-state index in [1.807, 2.05) is 0 Å². The Morgan fingerprint density at radius 3 is 2.38 bits per heavy atom. The van der Waals surface area contributed by atoms with Gasteiger partial charge in [-0.05, 0) is 0 Å². The van der Waals surface area contributed by atoms with Crippen LogP contribution in [0, 0.1) is 0 Å². The Morgan fingerprint density at radius 1 is 1.44 bits per heavy atom. The molecule has 16 heavy (non-hydrogen) atoms. The summed E-state index contributed by atoms with van der Waals surface area (Å²) in [5, 5.41) is 36.6. The van der Waals surface area contributed by atoms with Gasteiger partial charge in [-0.3, -0.25) is 0 Å². The average Bonchev–Trinajstić information content (AvgIpc) is 2.40. The van der Waals surface area contributed by atoms with Crippen LogP contribution in [0.25, 0.3) is 0 Å². The fourth-order valence-corrected chi connectivity index (χ4v) is 1.63. The Balaban J connectivity index is 2.61. The predicted octanol–water partition coefficient (Wildman–Crippen LogP) is -4.37. The first kappa shape index (κ1) is 14.0. The second-order valence-electron chi connectivity index (χ2n) is 3.34. The van der Waals surface area contributed by atoms with Crippen molar-refractivity contribution in [3.05, 3.63) is 0 Å². The van der Waals surface area contributed by atoms with Crippen molar-refractivity contribution in [2.24, 2.45) is 0 Å². The molecule has 1 rings (SSSR count). The number of hydrogen-bond acceptors (Lipinski definition) is 9. The summed E-state index contributed by atoms with van der Waals surface area (Å²) in [7, 11) is -5.23. The zero-order valence-electron chi connectivity index (χ0n) is 7.92. The van der Waals surface area contributed by atoms with E-state index in [2.05, 4.69) is 9.26 Å². The van der Waals surface area contributed by atoms with E-state index in [1.54, 1.807) is 0 Å². The molecule has 0 aromatic rings. The SMILES string of the molecule is O=P([O-])([O-])OC[C@@H]1O[C@@](O)(CO)[C@H](O)[C@@H]1O. The third-order valence-corrected chi connectivity index (χ3v) is 2.61. The van der Waals surface area contributed by atoms with Gasteiger partial charge in [-0.25, -0.2) is 0 Å². The van der Waals surface area contributed by atoms with E-state index in [-0.39, 0.29) is 0 Å². The topological polar surface area (TPSA) is 163 Å². The lowest BCUT2D eigenvalue weighted by molar-refractivity contribution is -0.344. The first-order valence-corrected chi connectivity index (χ1v) is 5.69. The summed E-state index contributed by atoms with van der Waals surface area (Å²) < 4.78 is 18.6. The number of aliphatic hydroxyl groups excluding tert-OH is 3. The van der Waals surface area contributed by atoms with Crippen LogP contribution in [0.2, 0.25) is 0 Å². The molecule has 96 valence electrons. The van der Waals surface area contributed by atoms with Gasteiger partial charge in [0.2, 0.25) is 5.79 Å². The summed E-state index contributed by atoms with van der Waals surface area (Å²) in [4.78, 5) is 20.3. The predicted molar refractivity (Wildman–Crippen MR) is 42.5 cm³/mol. The Bertz CT molecular complexity index is 290. The lowest BCUT2D eigenvalue weighted by atomic mass is 10.1. The molecule has 9 nitrogen and oxygen atoms in total. The lowest BCUT2D eigenvalue weighted by Gasteiger charge is -2.30. The van der Waals surface area contributed by atoms with Crippen molar-refractivity contribution in [3.8, 4) is 0 Å². The smallest absolute Gasteiger partial charge is 0.219 e. The maximum absolute atomic E-state index is 10.1. The molecule has 1 fully saturated rings. The number of aliphatic hydroxyl groups is 4. The fraction of sp³-hybridized carbons (Fsp3) is 1.00. The summed E-state index contributed by atoms with van der Waals surface area (Å²) >= 11 is 0. The van der Waals surface area contributed by atoms with E-state index >= 15 is 0 Å². The second-order valence-corrected chi connectivity index (χ2v) is 4.49. The van der Waals surface area contributed by atoms with Crippen molar-refractivity contribution in [2.75, 3.05) is 13.2 Å². The largest absolute Gasteiger partial charge is 0.790 e. The molecule has 0 amide bonds. The van der Waals surface area contributed by atoms with E-state index in [0.717, 1.165) is 0 Å². The first-order valence-electron chi connectivity index (χ1n) is 4.23.